The minimum absolute atomic E-state index is 0.0406. The Bertz CT molecular complexity index is 594. The van der Waals surface area contributed by atoms with Crippen molar-refractivity contribution in [2.24, 2.45) is 0 Å². The van der Waals surface area contributed by atoms with Gasteiger partial charge in [0.1, 0.15) is 0 Å². The number of benzene rings is 1. The summed E-state index contributed by atoms with van der Waals surface area (Å²) >= 11 is 5.19. The van der Waals surface area contributed by atoms with Crippen molar-refractivity contribution in [3.8, 4) is 0 Å². The number of halogens is 1. The highest BCUT2D eigenvalue weighted by molar-refractivity contribution is 9.10. The number of fused-ring (bicyclic) bond motifs is 1. The number of thiophene rings is 1. The lowest BCUT2D eigenvalue weighted by atomic mass is 9.97. The summed E-state index contributed by atoms with van der Waals surface area (Å²) in [7, 11) is 1.85. The molecule has 2 aromatic rings. The molecule has 0 unspecified atom stereocenters. The molecular weight excluding hydrogens is 310 g/mol. The molecule has 1 aromatic heterocycles. The van der Waals surface area contributed by atoms with E-state index in [0.29, 0.717) is 0 Å². The maximum atomic E-state index is 12.3. The average Bonchev–Trinajstić information content (AvgIpc) is 2.93. The predicted molar refractivity (Wildman–Crippen MR) is 78.3 cm³/mol. The second kappa shape index (κ2) is 4.52. The fraction of sp³-hybridized carbons (Fsp3) is 0.214. The summed E-state index contributed by atoms with van der Waals surface area (Å²) in [6, 6.07) is 10.2. The molecule has 1 atom stereocenters. The van der Waals surface area contributed by atoms with Gasteiger partial charge in [-0.25, -0.2) is 0 Å². The highest BCUT2D eigenvalue weighted by Gasteiger charge is 2.35. The van der Waals surface area contributed by atoms with Gasteiger partial charge in [-0.3, -0.25) is 4.79 Å². The first-order chi connectivity index (χ1) is 8.66. The molecule has 3 rings (SSSR count). The smallest absolute Gasteiger partial charge is 0.234 e. The number of hydrogen-bond donors (Lipinski definition) is 0. The Balaban J connectivity index is 2.01. The summed E-state index contributed by atoms with van der Waals surface area (Å²) in [5.74, 6) is 0.151. The van der Waals surface area contributed by atoms with Gasteiger partial charge in [-0.1, -0.05) is 22.0 Å². The zero-order valence-electron chi connectivity index (χ0n) is 9.89. The van der Waals surface area contributed by atoms with Crippen molar-refractivity contribution in [1.82, 2.24) is 0 Å². The van der Waals surface area contributed by atoms with E-state index in [4.69, 9.17) is 0 Å². The van der Waals surface area contributed by atoms with Crippen molar-refractivity contribution in [3.05, 3.63) is 50.6 Å². The third-order valence-electron chi connectivity index (χ3n) is 3.34. The van der Waals surface area contributed by atoms with Crippen LogP contribution in [0.3, 0.4) is 0 Å². The molecule has 0 N–H and O–H groups in total. The lowest BCUT2D eigenvalue weighted by molar-refractivity contribution is -0.119. The van der Waals surface area contributed by atoms with Gasteiger partial charge >= 0.3 is 0 Å². The van der Waals surface area contributed by atoms with E-state index < -0.39 is 0 Å². The third-order valence-corrected chi connectivity index (χ3v) is 4.73. The quantitative estimate of drug-likeness (QED) is 0.823. The number of carbonyl (C=O) groups is 1. The molecule has 1 amide bonds. The van der Waals surface area contributed by atoms with Crippen LogP contribution in [0.5, 0.6) is 0 Å². The minimum atomic E-state index is -0.0406. The molecule has 2 heterocycles. The molecule has 0 fully saturated rings. The lowest BCUT2D eigenvalue weighted by Crippen LogP contribution is -2.24. The van der Waals surface area contributed by atoms with E-state index in [1.54, 1.807) is 16.2 Å². The number of rotatable bonds is 2. The van der Waals surface area contributed by atoms with Gasteiger partial charge in [0.05, 0.1) is 5.92 Å². The van der Waals surface area contributed by atoms with E-state index in [1.807, 2.05) is 25.2 Å². The number of hydrogen-bond acceptors (Lipinski definition) is 2. The van der Waals surface area contributed by atoms with Gasteiger partial charge in [0, 0.05) is 22.1 Å². The monoisotopic (exact) mass is 321 g/mol. The molecule has 0 spiro atoms. The van der Waals surface area contributed by atoms with Crippen molar-refractivity contribution in [2.45, 2.75) is 12.3 Å². The van der Waals surface area contributed by atoms with Crippen LogP contribution >= 0.6 is 27.3 Å². The number of carbonyl (C=O) groups excluding carboxylic acids is 1. The first kappa shape index (κ1) is 11.9. The molecule has 0 aliphatic carbocycles. The van der Waals surface area contributed by atoms with Crippen molar-refractivity contribution in [3.63, 3.8) is 0 Å². The lowest BCUT2D eigenvalue weighted by Gasteiger charge is -2.10. The summed E-state index contributed by atoms with van der Waals surface area (Å²) in [6.45, 7) is 0. The van der Waals surface area contributed by atoms with Gasteiger partial charge < -0.3 is 4.90 Å². The Hall–Kier alpha value is -1.13. The Morgan fingerprint density at radius 3 is 2.94 bits per heavy atom. The molecule has 1 aliphatic heterocycles. The van der Waals surface area contributed by atoms with E-state index in [0.717, 1.165) is 22.1 Å². The summed E-state index contributed by atoms with van der Waals surface area (Å²) in [6.07, 6.45) is 0.796. The molecule has 0 saturated heterocycles. The molecule has 0 saturated carbocycles. The summed E-state index contributed by atoms with van der Waals surface area (Å²) < 4.78 is 1.03. The Morgan fingerprint density at radius 1 is 1.39 bits per heavy atom. The van der Waals surface area contributed by atoms with Crippen LogP contribution in [-0.4, -0.2) is 13.0 Å². The minimum Gasteiger partial charge on any atom is -0.315 e. The van der Waals surface area contributed by atoms with Gasteiger partial charge in [0.25, 0.3) is 0 Å². The van der Waals surface area contributed by atoms with Crippen LogP contribution in [0.15, 0.2) is 40.2 Å². The zero-order valence-corrected chi connectivity index (χ0v) is 12.3. The standard InChI is InChI=1S/C14H12BrNOS/c1-16-13-5-4-9(15)7-11(13)12(14(16)17)8-10-3-2-6-18-10/h2-7,12H,8H2,1H3/t12-/m0/s1. The topological polar surface area (TPSA) is 20.3 Å². The number of likely N-dealkylation sites (N-methyl/N-ethyl adjacent to an activating group) is 1. The molecule has 0 radical (unpaired) electrons. The highest BCUT2D eigenvalue weighted by Crippen LogP contribution is 2.40. The van der Waals surface area contributed by atoms with Crippen LogP contribution in [0.2, 0.25) is 0 Å². The Morgan fingerprint density at radius 2 is 2.22 bits per heavy atom. The van der Waals surface area contributed by atoms with Gasteiger partial charge in [-0.15, -0.1) is 11.3 Å². The fourth-order valence-electron chi connectivity index (χ4n) is 2.42. The van der Waals surface area contributed by atoms with Gasteiger partial charge in [0.15, 0.2) is 0 Å². The van der Waals surface area contributed by atoms with Crippen molar-refractivity contribution < 1.29 is 4.79 Å². The number of nitrogens with zero attached hydrogens (tertiary/aromatic N) is 1. The number of anilines is 1. The van der Waals surface area contributed by atoms with Crippen LogP contribution in [0.4, 0.5) is 5.69 Å². The molecule has 1 aromatic carbocycles. The first-order valence-corrected chi connectivity index (χ1v) is 7.43. The van der Waals surface area contributed by atoms with E-state index in [9.17, 15) is 4.79 Å². The molecule has 0 bridgehead atoms. The molecule has 4 heteroatoms. The van der Waals surface area contributed by atoms with Gasteiger partial charge in [0.2, 0.25) is 5.91 Å². The van der Waals surface area contributed by atoms with Gasteiger partial charge in [-0.2, -0.15) is 0 Å². The predicted octanol–water partition coefficient (Wildman–Crippen LogP) is 3.81. The van der Waals surface area contributed by atoms with E-state index in [2.05, 4.69) is 33.4 Å². The second-order valence-electron chi connectivity index (χ2n) is 4.44. The molecule has 1 aliphatic rings. The van der Waals surface area contributed by atoms with Crippen LogP contribution in [-0.2, 0) is 11.2 Å². The normalized spacial score (nSPS) is 18.2. The maximum absolute atomic E-state index is 12.3. The van der Waals surface area contributed by atoms with E-state index >= 15 is 0 Å². The molecule has 92 valence electrons. The highest BCUT2D eigenvalue weighted by atomic mass is 79.9. The average molecular weight is 322 g/mol. The first-order valence-electron chi connectivity index (χ1n) is 5.76. The SMILES string of the molecule is CN1C(=O)[C@@H](Cc2cccs2)c2cc(Br)ccc21. The summed E-state index contributed by atoms with van der Waals surface area (Å²) in [5, 5.41) is 2.06. The van der Waals surface area contributed by atoms with Crippen LogP contribution in [0, 0.1) is 0 Å². The summed E-state index contributed by atoms with van der Waals surface area (Å²) in [5.41, 5.74) is 2.16. The van der Waals surface area contributed by atoms with Crippen LogP contribution in [0.25, 0.3) is 0 Å². The maximum Gasteiger partial charge on any atom is 0.234 e. The third kappa shape index (κ3) is 1.89. The largest absolute Gasteiger partial charge is 0.315 e. The van der Waals surface area contributed by atoms with E-state index in [1.165, 1.54) is 4.88 Å². The van der Waals surface area contributed by atoms with Crippen LogP contribution < -0.4 is 4.90 Å². The zero-order chi connectivity index (χ0) is 12.7. The van der Waals surface area contributed by atoms with Crippen molar-refractivity contribution >= 4 is 38.9 Å². The Labute approximate surface area is 118 Å². The van der Waals surface area contributed by atoms with Crippen molar-refractivity contribution in [2.75, 3.05) is 11.9 Å². The van der Waals surface area contributed by atoms with E-state index in [-0.39, 0.29) is 11.8 Å². The molecular formula is C14H12BrNOS. The molecule has 18 heavy (non-hydrogen) atoms. The fourth-order valence-corrected chi connectivity index (χ4v) is 3.55. The Kier molecular flexibility index (Phi) is 2.99. The van der Waals surface area contributed by atoms with Gasteiger partial charge in [-0.05, 0) is 41.6 Å². The van der Waals surface area contributed by atoms with Crippen LogP contribution in [0.1, 0.15) is 16.4 Å². The summed E-state index contributed by atoms with van der Waals surface area (Å²) in [4.78, 5) is 15.3. The van der Waals surface area contributed by atoms with Crippen molar-refractivity contribution in [1.29, 1.82) is 0 Å². The molecule has 2 nitrogen and oxygen atoms in total. The number of amides is 1. The second-order valence-corrected chi connectivity index (χ2v) is 6.38.